The molecule has 0 spiro atoms. The Labute approximate surface area is 163 Å². The van der Waals surface area contributed by atoms with Crippen molar-refractivity contribution in [3.8, 4) is 11.4 Å². The number of piperidine rings is 1. The van der Waals surface area contributed by atoms with E-state index in [9.17, 15) is 4.79 Å². The van der Waals surface area contributed by atoms with E-state index in [-0.39, 0.29) is 5.91 Å². The fourth-order valence-electron chi connectivity index (χ4n) is 3.57. The maximum absolute atomic E-state index is 12.9. The van der Waals surface area contributed by atoms with Crippen LogP contribution >= 0.6 is 11.3 Å². The summed E-state index contributed by atoms with van der Waals surface area (Å²) in [7, 11) is 0. The molecule has 1 fully saturated rings. The molecule has 2 aromatic heterocycles. The SMILES string of the molecule is Cc1ccc(C(=O)N2CCCC(Cc3nc(-c4ccsc4)no3)C2)cc1C. The minimum atomic E-state index is 0.118. The van der Waals surface area contributed by atoms with Gasteiger partial charge in [0, 0.05) is 36.0 Å². The van der Waals surface area contributed by atoms with Gasteiger partial charge in [-0.2, -0.15) is 16.3 Å². The Bertz CT molecular complexity index is 933. The minimum absolute atomic E-state index is 0.118. The second kappa shape index (κ2) is 7.64. The number of carbonyl (C=O) groups is 1. The average molecular weight is 382 g/mol. The number of amides is 1. The van der Waals surface area contributed by atoms with Crippen molar-refractivity contribution in [1.82, 2.24) is 15.0 Å². The molecule has 5 nitrogen and oxygen atoms in total. The number of aromatic nitrogens is 2. The molecule has 0 saturated carbocycles. The topological polar surface area (TPSA) is 59.2 Å². The van der Waals surface area contributed by atoms with Gasteiger partial charge in [0.05, 0.1) is 0 Å². The van der Waals surface area contributed by atoms with Crippen LogP contribution in [0.3, 0.4) is 0 Å². The Balaban J connectivity index is 1.42. The van der Waals surface area contributed by atoms with Crippen molar-refractivity contribution >= 4 is 17.2 Å². The van der Waals surface area contributed by atoms with Crippen molar-refractivity contribution in [3.05, 3.63) is 57.6 Å². The van der Waals surface area contributed by atoms with E-state index in [0.29, 0.717) is 24.1 Å². The molecule has 27 heavy (non-hydrogen) atoms. The smallest absolute Gasteiger partial charge is 0.253 e. The number of likely N-dealkylation sites (tertiary alicyclic amines) is 1. The number of rotatable bonds is 4. The molecule has 0 bridgehead atoms. The van der Waals surface area contributed by atoms with E-state index < -0.39 is 0 Å². The molecule has 1 amide bonds. The van der Waals surface area contributed by atoms with Gasteiger partial charge in [0.1, 0.15) is 0 Å². The first-order chi connectivity index (χ1) is 13.1. The Morgan fingerprint density at radius 1 is 1.30 bits per heavy atom. The molecule has 1 aliphatic heterocycles. The lowest BCUT2D eigenvalue weighted by atomic mass is 9.94. The summed E-state index contributed by atoms with van der Waals surface area (Å²) < 4.78 is 5.44. The first-order valence-electron chi connectivity index (χ1n) is 9.32. The van der Waals surface area contributed by atoms with Crippen LogP contribution in [0.25, 0.3) is 11.4 Å². The zero-order valence-corrected chi connectivity index (χ0v) is 16.5. The third-order valence-electron chi connectivity index (χ3n) is 5.27. The summed E-state index contributed by atoms with van der Waals surface area (Å²) in [5.74, 6) is 1.77. The van der Waals surface area contributed by atoms with Crippen LogP contribution in [0.5, 0.6) is 0 Å². The van der Waals surface area contributed by atoms with Gasteiger partial charge in [-0.15, -0.1) is 0 Å². The van der Waals surface area contributed by atoms with Gasteiger partial charge in [-0.25, -0.2) is 0 Å². The number of aryl methyl sites for hydroxylation is 2. The first kappa shape index (κ1) is 17.9. The van der Waals surface area contributed by atoms with Crippen molar-refractivity contribution in [2.24, 2.45) is 5.92 Å². The van der Waals surface area contributed by atoms with Crippen molar-refractivity contribution in [2.75, 3.05) is 13.1 Å². The number of hydrogen-bond acceptors (Lipinski definition) is 5. The Kier molecular flexibility index (Phi) is 5.07. The number of benzene rings is 1. The van der Waals surface area contributed by atoms with Crippen LogP contribution in [-0.4, -0.2) is 34.0 Å². The lowest BCUT2D eigenvalue weighted by Crippen LogP contribution is -2.40. The molecular formula is C21H23N3O2S. The molecular weight excluding hydrogens is 358 g/mol. The molecule has 1 aromatic carbocycles. The molecule has 0 N–H and O–H groups in total. The molecule has 1 aliphatic rings. The Morgan fingerprint density at radius 3 is 2.96 bits per heavy atom. The summed E-state index contributed by atoms with van der Waals surface area (Å²) in [6.07, 6.45) is 2.80. The van der Waals surface area contributed by atoms with Gasteiger partial charge in [0.25, 0.3) is 5.91 Å². The highest BCUT2D eigenvalue weighted by molar-refractivity contribution is 7.08. The van der Waals surface area contributed by atoms with Gasteiger partial charge in [0.15, 0.2) is 0 Å². The van der Waals surface area contributed by atoms with E-state index in [1.54, 1.807) is 11.3 Å². The number of carbonyl (C=O) groups excluding carboxylic acids is 1. The predicted octanol–water partition coefficient (Wildman–Crippen LogP) is 4.51. The molecule has 6 heteroatoms. The van der Waals surface area contributed by atoms with Crippen LogP contribution in [0.4, 0.5) is 0 Å². The first-order valence-corrected chi connectivity index (χ1v) is 10.3. The van der Waals surface area contributed by atoms with Gasteiger partial charge in [-0.3, -0.25) is 4.79 Å². The maximum Gasteiger partial charge on any atom is 0.253 e. The van der Waals surface area contributed by atoms with Crippen molar-refractivity contribution in [1.29, 1.82) is 0 Å². The minimum Gasteiger partial charge on any atom is -0.339 e. The summed E-state index contributed by atoms with van der Waals surface area (Å²) in [6, 6.07) is 7.93. The monoisotopic (exact) mass is 381 g/mol. The van der Waals surface area contributed by atoms with Crippen LogP contribution in [0.2, 0.25) is 0 Å². The summed E-state index contributed by atoms with van der Waals surface area (Å²) >= 11 is 1.62. The van der Waals surface area contributed by atoms with Crippen LogP contribution < -0.4 is 0 Å². The van der Waals surface area contributed by atoms with Crippen LogP contribution in [-0.2, 0) is 6.42 Å². The number of nitrogens with zero attached hydrogens (tertiary/aromatic N) is 3. The predicted molar refractivity (Wildman–Crippen MR) is 106 cm³/mol. The highest BCUT2D eigenvalue weighted by atomic mass is 32.1. The fraction of sp³-hybridized carbons (Fsp3) is 0.381. The summed E-state index contributed by atoms with van der Waals surface area (Å²) in [6.45, 7) is 5.66. The van der Waals surface area contributed by atoms with E-state index in [2.05, 4.69) is 17.1 Å². The molecule has 0 radical (unpaired) electrons. The second-order valence-electron chi connectivity index (χ2n) is 7.29. The third kappa shape index (κ3) is 3.95. The van der Waals surface area contributed by atoms with Gasteiger partial charge in [-0.05, 0) is 67.3 Å². The van der Waals surface area contributed by atoms with Gasteiger partial charge in [0.2, 0.25) is 11.7 Å². The standard InChI is InChI=1S/C21H23N3O2S/c1-14-5-6-17(10-15(14)2)21(25)24-8-3-4-16(12-24)11-19-22-20(23-26-19)18-7-9-27-13-18/h5-7,9-10,13,16H,3-4,8,11-12H2,1-2H3. The molecule has 4 rings (SSSR count). The summed E-state index contributed by atoms with van der Waals surface area (Å²) in [5.41, 5.74) is 4.13. The Morgan fingerprint density at radius 2 is 2.19 bits per heavy atom. The van der Waals surface area contributed by atoms with Gasteiger partial charge < -0.3 is 9.42 Å². The largest absolute Gasteiger partial charge is 0.339 e. The fourth-order valence-corrected chi connectivity index (χ4v) is 4.20. The zero-order chi connectivity index (χ0) is 18.8. The summed E-state index contributed by atoms with van der Waals surface area (Å²) in [4.78, 5) is 19.4. The van der Waals surface area contributed by atoms with E-state index in [4.69, 9.17) is 4.52 Å². The lowest BCUT2D eigenvalue weighted by molar-refractivity contribution is 0.0668. The lowest BCUT2D eigenvalue weighted by Gasteiger charge is -2.32. The average Bonchev–Trinajstić information content (AvgIpc) is 3.35. The summed E-state index contributed by atoms with van der Waals surface area (Å²) in [5, 5.41) is 8.10. The molecule has 3 heterocycles. The Hall–Kier alpha value is -2.47. The number of hydrogen-bond donors (Lipinski definition) is 0. The zero-order valence-electron chi connectivity index (χ0n) is 15.6. The van der Waals surface area contributed by atoms with E-state index in [1.807, 2.05) is 46.8 Å². The van der Waals surface area contributed by atoms with E-state index in [1.165, 1.54) is 5.56 Å². The molecule has 1 unspecified atom stereocenters. The van der Waals surface area contributed by atoms with Crippen LogP contribution in [0.1, 0.15) is 40.2 Å². The maximum atomic E-state index is 12.9. The van der Waals surface area contributed by atoms with Crippen LogP contribution in [0, 0.1) is 19.8 Å². The van der Waals surface area contributed by atoms with E-state index in [0.717, 1.165) is 42.6 Å². The molecule has 0 aliphatic carbocycles. The normalized spacial score (nSPS) is 17.3. The van der Waals surface area contributed by atoms with Crippen LogP contribution in [0.15, 0.2) is 39.5 Å². The van der Waals surface area contributed by atoms with Gasteiger partial charge >= 0.3 is 0 Å². The number of thiophene rings is 1. The molecule has 3 aromatic rings. The van der Waals surface area contributed by atoms with Crippen molar-refractivity contribution in [2.45, 2.75) is 33.1 Å². The van der Waals surface area contributed by atoms with Crippen molar-refractivity contribution < 1.29 is 9.32 Å². The third-order valence-corrected chi connectivity index (χ3v) is 5.95. The van der Waals surface area contributed by atoms with Gasteiger partial charge in [-0.1, -0.05) is 11.2 Å². The van der Waals surface area contributed by atoms with E-state index >= 15 is 0 Å². The molecule has 1 saturated heterocycles. The quantitative estimate of drug-likeness (QED) is 0.667. The molecule has 140 valence electrons. The second-order valence-corrected chi connectivity index (χ2v) is 8.07. The highest BCUT2D eigenvalue weighted by Gasteiger charge is 2.26. The highest BCUT2D eigenvalue weighted by Crippen LogP contribution is 2.24. The van der Waals surface area contributed by atoms with Crippen molar-refractivity contribution in [3.63, 3.8) is 0 Å². The molecule has 1 atom stereocenters.